The van der Waals surface area contributed by atoms with Crippen LogP contribution in [0.4, 0.5) is 13.2 Å². The summed E-state index contributed by atoms with van der Waals surface area (Å²) in [7, 11) is -4.94. The zero-order valence-corrected chi connectivity index (χ0v) is 7.67. The molecule has 0 heterocycles. The number of halogens is 3. The molecule has 0 saturated carbocycles. The van der Waals surface area contributed by atoms with Gasteiger partial charge in [0.05, 0.1) is 5.25 Å². The van der Waals surface area contributed by atoms with Gasteiger partial charge >= 0.3 is 5.51 Å². The van der Waals surface area contributed by atoms with Gasteiger partial charge in [-0.25, -0.2) is 8.42 Å². The SMILES string of the molecule is CCC[C@H](C)S(=O)(=O)C(F)(F)F. The van der Waals surface area contributed by atoms with Gasteiger partial charge in [0, 0.05) is 0 Å². The summed E-state index contributed by atoms with van der Waals surface area (Å²) < 4.78 is 56.7. The molecule has 0 unspecified atom stereocenters. The van der Waals surface area contributed by atoms with Crippen LogP contribution in [-0.4, -0.2) is 19.2 Å². The smallest absolute Gasteiger partial charge is 0.219 e. The minimum absolute atomic E-state index is 0.0435. The molecule has 0 aromatic heterocycles. The maximum atomic E-state index is 11.8. The van der Waals surface area contributed by atoms with E-state index in [1.165, 1.54) is 0 Å². The third-order valence-electron chi connectivity index (χ3n) is 1.55. The lowest BCUT2D eigenvalue weighted by Crippen LogP contribution is -2.32. The Morgan fingerprint density at radius 1 is 1.33 bits per heavy atom. The Kier molecular flexibility index (Phi) is 3.56. The zero-order valence-electron chi connectivity index (χ0n) is 6.85. The average molecular weight is 204 g/mol. The first-order valence-electron chi connectivity index (χ1n) is 3.53. The molecule has 74 valence electrons. The molecule has 0 saturated heterocycles. The summed E-state index contributed by atoms with van der Waals surface area (Å²) >= 11 is 0. The van der Waals surface area contributed by atoms with E-state index in [2.05, 4.69) is 0 Å². The molecule has 0 bridgehead atoms. The second-order valence-electron chi connectivity index (χ2n) is 2.59. The highest BCUT2D eigenvalue weighted by Crippen LogP contribution is 2.28. The first-order chi connectivity index (χ1) is 5.23. The minimum atomic E-state index is -5.11. The van der Waals surface area contributed by atoms with Gasteiger partial charge in [0.1, 0.15) is 0 Å². The summed E-state index contributed by atoms with van der Waals surface area (Å²) in [5.74, 6) is 0. The van der Waals surface area contributed by atoms with Crippen molar-refractivity contribution in [1.29, 1.82) is 0 Å². The van der Waals surface area contributed by atoms with Crippen molar-refractivity contribution in [3.8, 4) is 0 Å². The summed E-state index contributed by atoms with van der Waals surface area (Å²) in [6.07, 6.45) is 0.471. The van der Waals surface area contributed by atoms with Crippen LogP contribution in [0.1, 0.15) is 26.7 Å². The maximum absolute atomic E-state index is 11.8. The van der Waals surface area contributed by atoms with Crippen molar-refractivity contribution >= 4 is 9.84 Å². The molecule has 0 aliphatic rings. The van der Waals surface area contributed by atoms with Crippen LogP contribution in [0, 0.1) is 0 Å². The van der Waals surface area contributed by atoms with Crippen LogP contribution >= 0.6 is 0 Å². The lowest BCUT2D eigenvalue weighted by Gasteiger charge is -2.13. The summed E-state index contributed by atoms with van der Waals surface area (Å²) in [5, 5.41) is -1.33. The van der Waals surface area contributed by atoms with Crippen LogP contribution in [-0.2, 0) is 9.84 Å². The Labute approximate surface area is 69.7 Å². The van der Waals surface area contributed by atoms with Crippen molar-refractivity contribution in [3.63, 3.8) is 0 Å². The molecular formula is C6H11F3O2S. The van der Waals surface area contributed by atoms with E-state index in [-0.39, 0.29) is 6.42 Å². The van der Waals surface area contributed by atoms with Crippen LogP contribution in [0.5, 0.6) is 0 Å². The maximum Gasteiger partial charge on any atom is 0.497 e. The topological polar surface area (TPSA) is 34.1 Å². The molecule has 0 aromatic carbocycles. The molecule has 0 aromatic rings. The predicted molar refractivity (Wildman–Crippen MR) is 39.3 cm³/mol. The highest BCUT2D eigenvalue weighted by molar-refractivity contribution is 7.92. The third-order valence-corrected chi connectivity index (χ3v) is 3.49. The van der Waals surface area contributed by atoms with Crippen molar-refractivity contribution < 1.29 is 21.6 Å². The number of rotatable bonds is 3. The lowest BCUT2D eigenvalue weighted by atomic mass is 10.3. The van der Waals surface area contributed by atoms with E-state index in [4.69, 9.17) is 0 Å². The minimum Gasteiger partial charge on any atom is -0.219 e. The molecule has 0 N–H and O–H groups in total. The van der Waals surface area contributed by atoms with Crippen molar-refractivity contribution in [2.45, 2.75) is 37.4 Å². The van der Waals surface area contributed by atoms with Crippen LogP contribution in [0.15, 0.2) is 0 Å². The number of hydrogen-bond donors (Lipinski definition) is 0. The third kappa shape index (κ3) is 2.36. The highest BCUT2D eigenvalue weighted by Gasteiger charge is 2.48. The van der Waals surface area contributed by atoms with Crippen LogP contribution in [0.3, 0.4) is 0 Å². The number of sulfone groups is 1. The fraction of sp³-hybridized carbons (Fsp3) is 1.00. The normalized spacial score (nSPS) is 16.1. The molecule has 0 spiro atoms. The predicted octanol–water partition coefficient (Wildman–Crippen LogP) is 2.11. The van der Waals surface area contributed by atoms with Gasteiger partial charge < -0.3 is 0 Å². The second kappa shape index (κ2) is 3.64. The first kappa shape index (κ1) is 11.7. The van der Waals surface area contributed by atoms with Gasteiger partial charge in [0.2, 0.25) is 9.84 Å². The Morgan fingerprint density at radius 2 is 1.75 bits per heavy atom. The monoisotopic (exact) mass is 204 g/mol. The molecule has 0 fully saturated rings. The molecule has 0 aliphatic carbocycles. The molecule has 1 atom stereocenters. The van der Waals surface area contributed by atoms with Crippen molar-refractivity contribution in [1.82, 2.24) is 0 Å². The van der Waals surface area contributed by atoms with E-state index in [9.17, 15) is 21.6 Å². The Balaban J connectivity index is 4.64. The van der Waals surface area contributed by atoms with E-state index in [1.54, 1.807) is 6.92 Å². The molecular weight excluding hydrogens is 193 g/mol. The van der Waals surface area contributed by atoms with Gasteiger partial charge in [-0.2, -0.15) is 13.2 Å². The van der Waals surface area contributed by atoms with Crippen LogP contribution in [0.25, 0.3) is 0 Å². The quantitative estimate of drug-likeness (QED) is 0.705. The second-order valence-corrected chi connectivity index (χ2v) is 4.95. The Hall–Kier alpha value is -0.260. The fourth-order valence-corrected chi connectivity index (χ4v) is 1.79. The van der Waals surface area contributed by atoms with E-state index >= 15 is 0 Å². The van der Waals surface area contributed by atoms with Gasteiger partial charge in [0.15, 0.2) is 0 Å². The van der Waals surface area contributed by atoms with E-state index in [0.717, 1.165) is 6.92 Å². The molecule has 0 aliphatic heterocycles. The standard InChI is InChI=1S/C6H11F3O2S/c1-3-4-5(2)12(10,11)6(7,8)9/h5H,3-4H2,1-2H3/t5-/m0/s1. The Morgan fingerprint density at radius 3 is 2.00 bits per heavy atom. The summed E-state index contributed by atoms with van der Waals surface area (Å²) in [5.41, 5.74) is -5.11. The molecule has 0 radical (unpaired) electrons. The first-order valence-corrected chi connectivity index (χ1v) is 5.08. The number of alkyl halides is 3. The summed E-state index contributed by atoms with van der Waals surface area (Å²) in [6, 6.07) is 0. The van der Waals surface area contributed by atoms with Gasteiger partial charge in [-0.1, -0.05) is 13.3 Å². The lowest BCUT2D eigenvalue weighted by molar-refractivity contribution is -0.0444. The molecule has 12 heavy (non-hydrogen) atoms. The van der Waals surface area contributed by atoms with Crippen LogP contribution < -0.4 is 0 Å². The van der Waals surface area contributed by atoms with Crippen LogP contribution in [0.2, 0.25) is 0 Å². The van der Waals surface area contributed by atoms with Crippen molar-refractivity contribution in [2.75, 3.05) is 0 Å². The summed E-state index contributed by atoms with van der Waals surface area (Å²) in [4.78, 5) is 0. The molecule has 2 nitrogen and oxygen atoms in total. The zero-order chi connectivity index (χ0) is 9.99. The van der Waals surface area contributed by atoms with Crippen molar-refractivity contribution in [3.05, 3.63) is 0 Å². The molecule has 0 amide bonds. The molecule has 6 heteroatoms. The largest absolute Gasteiger partial charge is 0.497 e. The van der Waals surface area contributed by atoms with E-state index < -0.39 is 20.6 Å². The summed E-state index contributed by atoms with van der Waals surface area (Å²) in [6.45, 7) is 2.72. The average Bonchev–Trinajstić information content (AvgIpc) is 1.85. The highest BCUT2D eigenvalue weighted by atomic mass is 32.2. The van der Waals surface area contributed by atoms with E-state index in [1.807, 2.05) is 0 Å². The Bertz CT molecular complexity index is 230. The van der Waals surface area contributed by atoms with Crippen molar-refractivity contribution in [2.24, 2.45) is 0 Å². The van der Waals surface area contributed by atoms with Gasteiger partial charge in [0.25, 0.3) is 0 Å². The van der Waals surface area contributed by atoms with E-state index in [0.29, 0.717) is 6.42 Å². The van der Waals surface area contributed by atoms with Gasteiger partial charge in [-0.05, 0) is 13.3 Å². The fourth-order valence-electron chi connectivity index (χ4n) is 0.790. The number of hydrogen-bond acceptors (Lipinski definition) is 2. The van der Waals surface area contributed by atoms with Gasteiger partial charge in [-0.15, -0.1) is 0 Å². The van der Waals surface area contributed by atoms with Gasteiger partial charge in [-0.3, -0.25) is 0 Å². The molecule has 0 rings (SSSR count).